The molecule has 21 heavy (non-hydrogen) atoms. The molecule has 0 N–H and O–H groups in total. The van der Waals surface area contributed by atoms with Gasteiger partial charge in [0.25, 0.3) is 0 Å². The number of alkyl halides is 3. The highest BCUT2D eigenvalue weighted by atomic mass is 32.2. The third kappa shape index (κ3) is 5.63. The molecule has 0 radical (unpaired) electrons. The Balaban J connectivity index is 2.55. The van der Waals surface area contributed by atoms with E-state index >= 15 is 0 Å². The van der Waals surface area contributed by atoms with Crippen molar-refractivity contribution in [3.05, 3.63) is 23.9 Å². The van der Waals surface area contributed by atoms with Crippen LogP contribution in [0.1, 0.15) is 18.9 Å². The van der Waals surface area contributed by atoms with Crippen molar-refractivity contribution in [2.45, 2.75) is 24.5 Å². The van der Waals surface area contributed by atoms with Gasteiger partial charge >= 0.3 is 6.18 Å². The fraction of sp³-hybridized carbons (Fsp3) is 0.462. The standard InChI is InChI=1S/C13H14F3N3OS/c1-2-19(7-3-6-17)12(20)9-21-11-5-4-10(8-18-11)13(14,15)16/h4-5,8H,2-3,7,9H2,1H3. The molecule has 0 spiro atoms. The van der Waals surface area contributed by atoms with Crippen molar-refractivity contribution in [2.75, 3.05) is 18.8 Å². The van der Waals surface area contributed by atoms with Gasteiger partial charge in [-0.3, -0.25) is 4.79 Å². The Bertz CT molecular complexity index is 511. The SMILES string of the molecule is CCN(CCC#N)C(=O)CSc1ccc(C(F)(F)F)cn1. The van der Waals surface area contributed by atoms with Gasteiger partial charge in [0.05, 0.1) is 28.8 Å². The smallest absolute Gasteiger partial charge is 0.341 e. The molecule has 0 atom stereocenters. The molecule has 1 amide bonds. The molecule has 4 nitrogen and oxygen atoms in total. The number of carbonyl (C=O) groups is 1. The van der Waals surface area contributed by atoms with Gasteiger partial charge in [-0.15, -0.1) is 0 Å². The lowest BCUT2D eigenvalue weighted by Gasteiger charge is -2.19. The Morgan fingerprint density at radius 3 is 2.67 bits per heavy atom. The van der Waals surface area contributed by atoms with Crippen LogP contribution in [0.15, 0.2) is 23.4 Å². The van der Waals surface area contributed by atoms with Crippen molar-refractivity contribution in [1.82, 2.24) is 9.88 Å². The molecule has 1 aromatic heterocycles. The molecule has 0 bridgehead atoms. The van der Waals surface area contributed by atoms with E-state index in [1.807, 2.05) is 6.07 Å². The third-order valence-electron chi connectivity index (χ3n) is 2.64. The highest BCUT2D eigenvalue weighted by molar-refractivity contribution is 7.99. The van der Waals surface area contributed by atoms with Crippen LogP contribution in [0.25, 0.3) is 0 Å². The fourth-order valence-corrected chi connectivity index (χ4v) is 2.25. The van der Waals surface area contributed by atoms with Crippen molar-refractivity contribution in [1.29, 1.82) is 5.26 Å². The highest BCUT2D eigenvalue weighted by Gasteiger charge is 2.30. The van der Waals surface area contributed by atoms with Gasteiger partial charge in [-0.25, -0.2) is 4.98 Å². The molecule has 8 heteroatoms. The van der Waals surface area contributed by atoms with E-state index < -0.39 is 11.7 Å². The molecule has 0 unspecified atom stereocenters. The Kier molecular flexibility index (Phi) is 6.49. The quantitative estimate of drug-likeness (QED) is 0.757. The minimum atomic E-state index is -4.41. The van der Waals surface area contributed by atoms with E-state index in [1.165, 1.54) is 11.0 Å². The summed E-state index contributed by atoms with van der Waals surface area (Å²) in [5, 5.41) is 8.85. The van der Waals surface area contributed by atoms with Gasteiger partial charge < -0.3 is 4.90 Å². The van der Waals surface area contributed by atoms with Crippen LogP contribution in [-0.4, -0.2) is 34.6 Å². The molecule has 1 rings (SSSR count). The van der Waals surface area contributed by atoms with Crippen LogP contribution in [0, 0.1) is 11.3 Å². The average Bonchev–Trinajstić information content (AvgIpc) is 2.45. The average molecular weight is 317 g/mol. The highest BCUT2D eigenvalue weighted by Crippen LogP contribution is 2.29. The van der Waals surface area contributed by atoms with Gasteiger partial charge in [0.2, 0.25) is 5.91 Å². The molecule has 0 aliphatic carbocycles. The van der Waals surface area contributed by atoms with Crippen molar-refractivity contribution in [3.63, 3.8) is 0 Å². The van der Waals surface area contributed by atoms with E-state index in [4.69, 9.17) is 5.26 Å². The van der Waals surface area contributed by atoms with Gasteiger partial charge in [-0.2, -0.15) is 18.4 Å². The van der Waals surface area contributed by atoms with Crippen LogP contribution >= 0.6 is 11.8 Å². The zero-order chi connectivity index (χ0) is 15.9. The number of thioether (sulfide) groups is 1. The Morgan fingerprint density at radius 2 is 2.19 bits per heavy atom. The molecular formula is C13H14F3N3OS. The Labute approximate surface area is 125 Å². The molecule has 114 valence electrons. The third-order valence-corrected chi connectivity index (χ3v) is 3.56. The topological polar surface area (TPSA) is 57.0 Å². The second-order valence-electron chi connectivity index (χ2n) is 4.05. The first-order valence-electron chi connectivity index (χ1n) is 6.19. The number of aromatic nitrogens is 1. The van der Waals surface area contributed by atoms with E-state index in [9.17, 15) is 18.0 Å². The molecule has 1 heterocycles. The van der Waals surface area contributed by atoms with Gasteiger partial charge in [0.15, 0.2) is 0 Å². The summed E-state index contributed by atoms with van der Waals surface area (Å²) in [5.41, 5.74) is -0.817. The zero-order valence-electron chi connectivity index (χ0n) is 11.4. The van der Waals surface area contributed by atoms with Gasteiger partial charge in [-0.1, -0.05) is 11.8 Å². The number of rotatable bonds is 6. The van der Waals surface area contributed by atoms with Crippen molar-refractivity contribution in [3.8, 4) is 6.07 Å². The monoisotopic (exact) mass is 317 g/mol. The predicted octanol–water partition coefficient (Wildman–Crippen LogP) is 2.95. The number of carbonyl (C=O) groups excluding carboxylic acids is 1. The van der Waals surface area contributed by atoms with Crippen LogP contribution < -0.4 is 0 Å². The van der Waals surface area contributed by atoms with E-state index in [-0.39, 0.29) is 18.1 Å². The summed E-state index contributed by atoms with van der Waals surface area (Å²) < 4.78 is 37.1. The summed E-state index contributed by atoms with van der Waals surface area (Å²) in [5.74, 6) is -0.0862. The van der Waals surface area contributed by atoms with Crippen LogP contribution in [-0.2, 0) is 11.0 Å². The van der Waals surface area contributed by atoms with E-state index in [0.717, 1.165) is 24.0 Å². The maximum absolute atomic E-state index is 12.4. The van der Waals surface area contributed by atoms with Crippen LogP contribution in [0.2, 0.25) is 0 Å². The maximum atomic E-state index is 12.4. The molecule has 0 saturated carbocycles. The largest absolute Gasteiger partial charge is 0.417 e. The van der Waals surface area contributed by atoms with Crippen molar-refractivity contribution >= 4 is 17.7 Å². The second-order valence-corrected chi connectivity index (χ2v) is 5.05. The number of amides is 1. The predicted molar refractivity (Wildman–Crippen MR) is 72.4 cm³/mol. The Morgan fingerprint density at radius 1 is 1.48 bits per heavy atom. The maximum Gasteiger partial charge on any atom is 0.417 e. The van der Waals surface area contributed by atoms with Gasteiger partial charge in [0, 0.05) is 19.3 Å². The number of nitriles is 1. The number of halogens is 3. The second kappa shape index (κ2) is 7.88. The number of hydrogen-bond donors (Lipinski definition) is 0. The molecule has 0 fully saturated rings. The first-order chi connectivity index (χ1) is 9.88. The number of hydrogen-bond acceptors (Lipinski definition) is 4. The first-order valence-corrected chi connectivity index (χ1v) is 7.17. The molecular weight excluding hydrogens is 303 g/mol. The lowest BCUT2D eigenvalue weighted by Crippen LogP contribution is -2.33. The Hall–Kier alpha value is -1.75. The summed E-state index contributed by atoms with van der Waals surface area (Å²) in [4.78, 5) is 17.1. The summed E-state index contributed by atoms with van der Waals surface area (Å²) in [6.45, 7) is 2.64. The number of nitrogens with zero attached hydrogens (tertiary/aromatic N) is 3. The van der Waals surface area contributed by atoms with Gasteiger partial charge in [-0.05, 0) is 19.1 Å². The first kappa shape index (κ1) is 17.3. The summed E-state index contributed by atoms with van der Waals surface area (Å²) in [7, 11) is 0. The molecule has 0 aliphatic rings. The lowest BCUT2D eigenvalue weighted by atomic mass is 10.3. The molecule has 1 aromatic rings. The van der Waals surface area contributed by atoms with Gasteiger partial charge in [0.1, 0.15) is 0 Å². The number of pyridine rings is 1. The lowest BCUT2D eigenvalue weighted by molar-refractivity contribution is -0.138. The van der Waals surface area contributed by atoms with Crippen molar-refractivity contribution < 1.29 is 18.0 Å². The van der Waals surface area contributed by atoms with Crippen LogP contribution in [0.4, 0.5) is 13.2 Å². The van der Waals surface area contributed by atoms with Crippen molar-refractivity contribution in [2.24, 2.45) is 0 Å². The summed E-state index contributed by atoms with van der Waals surface area (Å²) >= 11 is 1.07. The zero-order valence-corrected chi connectivity index (χ0v) is 12.2. The molecule has 0 aliphatic heterocycles. The molecule has 0 aromatic carbocycles. The van der Waals surface area contributed by atoms with E-state index in [2.05, 4.69) is 4.98 Å². The fourth-order valence-electron chi connectivity index (χ4n) is 1.50. The van der Waals surface area contributed by atoms with E-state index in [0.29, 0.717) is 18.1 Å². The summed E-state index contributed by atoms with van der Waals surface area (Å²) in [6, 6.07) is 4.14. The minimum Gasteiger partial charge on any atom is -0.341 e. The summed E-state index contributed by atoms with van der Waals surface area (Å²) in [6.07, 6.45) is -3.41. The molecule has 0 saturated heterocycles. The minimum absolute atomic E-state index is 0.0810. The van der Waals surface area contributed by atoms with Crippen LogP contribution in [0.5, 0.6) is 0 Å². The normalized spacial score (nSPS) is 11.0. The van der Waals surface area contributed by atoms with Crippen LogP contribution in [0.3, 0.4) is 0 Å². The van der Waals surface area contributed by atoms with E-state index in [1.54, 1.807) is 6.92 Å².